The van der Waals surface area contributed by atoms with Gasteiger partial charge in [0.05, 0.1) is 6.04 Å². The van der Waals surface area contributed by atoms with Gasteiger partial charge in [-0.3, -0.25) is 14.4 Å². The largest absolute Gasteiger partial charge is 0.351 e. The topological polar surface area (TPSA) is 81.8 Å². The summed E-state index contributed by atoms with van der Waals surface area (Å²) in [5.41, 5.74) is 5.96. The molecule has 3 aromatic rings. The van der Waals surface area contributed by atoms with Crippen LogP contribution >= 0.6 is 24.0 Å². The number of carbonyl (C=O) groups is 3. The third kappa shape index (κ3) is 8.26. The van der Waals surface area contributed by atoms with E-state index >= 15 is 0 Å². The molecule has 3 heterocycles. The van der Waals surface area contributed by atoms with Crippen molar-refractivity contribution in [2.24, 2.45) is 0 Å². The van der Waals surface area contributed by atoms with E-state index in [0.29, 0.717) is 56.4 Å². The van der Waals surface area contributed by atoms with Crippen molar-refractivity contribution in [1.29, 1.82) is 0 Å². The number of rotatable bonds is 9. The number of hydrogen-bond acceptors (Lipinski definition) is 4. The standard InChI is InChI=1S/C36H41ClN4O3.ClH/c37-30-13-11-25(12-14-30)20-31(39-36(44)33-21-27-6-1-2-7-28(27)23-38-33)22-35(43)40-18-15-26(16-19-40)32-9-4-3-8-29(32)24-41-17-5-10-34(41)42;/h1-4,6-9,11-14,26,31,33,38H,5,10,15-24H2,(H,39,44);1H/t31-,33?;/m1./s1. The van der Waals surface area contributed by atoms with Crippen molar-refractivity contribution in [2.75, 3.05) is 19.6 Å². The Kier molecular flexibility index (Phi) is 11.2. The Morgan fingerprint density at radius 3 is 2.38 bits per heavy atom. The Hall–Kier alpha value is -3.39. The molecular weight excluding hydrogens is 607 g/mol. The van der Waals surface area contributed by atoms with Gasteiger partial charge >= 0.3 is 0 Å². The quantitative estimate of drug-likeness (QED) is 0.325. The highest BCUT2D eigenvalue weighted by Gasteiger charge is 2.30. The van der Waals surface area contributed by atoms with Crippen LogP contribution in [0.1, 0.15) is 65.8 Å². The maximum atomic E-state index is 13.6. The molecule has 0 spiro atoms. The highest BCUT2D eigenvalue weighted by atomic mass is 35.5. The van der Waals surface area contributed by atoms with Crippen LogP contribution in [0, 0.1) is 0 Å². The predicted molar refractivity (Wildman–Crippen MR) is 179 cm³/mol. The Morgan fingerprint density at radius 2 is 1.64 bits per heavy atom. The molecule has 3 amide bonds. The fourth-order valence-electron chi connectivity index (χ4n) is 6.95. The number of nitrogens with one attached hydrogen (secondary N) is 2. The van der Waals surface area contributed by atoms with Crippen LogP contribution in [0.5, 0.6) is 0 Å². The van der Waals surface area contributed by atoms with Crippen molar-refractivity contribution >= 4 is 41.7 Å². The number of halogens is 2. The van der Waals surface area contributed by atoms with Gasteiger partial charge in [-0.15, -0.1) is 12.4 Å². The lowest BCUT2D eigenvalue weighted by Crippen LogP contribution is -2.52. The van der Waals surface area contributed by atoms with E-state index in [9.17, 15) is 14.4 Å². The summed E-state index contributed by atoms with van der Waals surface area (Å²) in [6.07, 6.45) is 4.78. The Balaban J connectivity index is 0.00000400. The Labute approximate surface area is 277 Å². The molecule has 3 aliphatic heterocycles. The van der Waals surface area contributed by atoms with Crippen LogP contribution in [0.25, 0.3) is 0 Å². The number of piperidine rings is 1. The third-order valence-electron chi connectivity index (χ3n) is 9.44. The van der Waals surface area contributed by atoms with E-state index in [1.165, 1.54) is 22.3 Å². The number of amides is 3. The van der Waals surface area contributed by atoms with Crippen molar-refractivity contribution in [2.45, 2.75) is 76.0 Å². The lowest BCUT2D eigenvalue weighted by molar-refractivity contribution is -0.133. The third-order valence-corrected chi connectivity index (χ3v) is 9.69. The summed E-state index contributed by atoms with van der Waals surface area (Å²) < 4.78 is 0. The van der Waals surface area contributed by atoms with Gasteiger partial charge < -0.3 is 20.4 Å². The molecule has 0 saturated carbocycles. The Morgan fingerprint density at radius 1 is 0.933 bits per heavy atom. The predicted octanol–water partition coefficient (Wildman–Crippen LogP) is 5.42. The Bertz CT molecular complexity index is 1490. The molecule has 0 bridgehead atoms. The van der Waals surface area contributed by atoms with Crippen molar-refractivity contribution in [3.05, 3.63) is 106 Å². The average molecular weight is 650 g/mol. The summed E-state index contributed by atoms with van der Waals surface area (Å²) in [6, 6.07) is 23.6. The van der Waals surface area contributed by atoms with Crippen LogP contribution in [0.15, 0.2) is 72.8 Å². The number of hydrogen-bond donors (Lipinski definition) is 2. The van der Waals surface area contributed by atoms with Gasteiger partial charge in [0, 0.05) is 56.6 Å². The van der Waals surface area contributed by atoms with Crippen molar-refractivity contribution in [3.63, 3.8) is 0 Å². The number of nitrogens with zero attached hydrogens (tertiary/aromatic N) is 2. The van der Waals surface area contributed by atoms with Gasteiger partial charge in [0.15, 0.2) is 0 Å². The minimum absolute atomic E-state index is 0. The molecule has 0 radical (unpaired) electrons. The zero-order valence-electron chi connectivity index (χ0n) is 25.6. The highest BCUT2D eigenvalue weighted by molar-refractivity contribution is 6.30. The van der Waals surface area contributed by atoms with E-state index in [0.717, 1.165) is 31.4 Å². The number of carbonyl (C=O) groups excluding carboxylic acids is 3. The van der Waals surface area contributed by atoms with E-state index in [1.54, 1.807) is 0 Å². The monoisotopic (exact) mass is 648 g/mol. The molecule has 2 saturated heterocycles. The first-order chi connectivity index (χ1) is 21.4. The van der Waals surface area contributed by atoms with E-state index in [1.807, 2.05) is 46.2 Å². The van der Waals surface area contributed by atoms with Gasteiger partial charge in [0.1, 0.15) is 0 Å². The molecule has 2 atom stereocenters. The summed E-state index contributed by atoms with van der Waals surface area (Å²) in [5.74, 6) is 0.598. The molecule has 0 aromatic heterocycles. The molecule has 2 N–H and O–H groups in total. The molecule has 1 unspecified atom stereocenters. The normalized spacial score (nSPS) is 19.0. The molecule has 6 rings (SSSR count). The zero-order chi connectivity index (χ0) is 30.5. The van der Waals surface area contributed by atoms with Crippen LogP contribution in [0.3, 0.4) is 0 Å². The second-order valence-electron chi connectivity index (χ2n) is 12.4. The molecule has 9 heteroatoms. The van der Waals surface area contributed by atoms with Gasteiger partial charge in [-0.1, -0.05) is 72.3 Å². The maximum Gasteiger partial charge on any atom is 0.237 e. The fourth-order valence-corrected chi connectivity index (χ4v) is 7.08. The van der Waals surface area contributed by atoms with Crippen LogP contribution < -0.4 is 10.6 Å². The molecule has 3 aromatic carbocycles. The summed E-state index contributed by atoms with van der Waals surface area (Å²) in [5, 5.41) is 7.25. The lowest BCUT2D eigenvalue weighted by Gasteiger charge is -2.34. The minimum atomic E-state index is -0.334. The molecule has 45 heavy (non-hydrogen) atoms. The summed E-state index contributed by atoms with van der Waals surface area (Å²) >= 11 is 6.12. The molecule has 238 valence electrons. The fraction of sp³-hybridized carbons (Fsp3) is 0.417. The maximum absolute atomic E-state index is 13.6. The number of likely N-dealkylation sites (tertiary alicyclic amines) is 2. The molecular formula is C36H42Cl2N4O3. The SMILES string of the molecule is Cl.O=C(N[C@@H](CC(=O)N1CCC(c2ccccc2CN2CCCC2=O)CC1)Cc1ccc(Cl)cc1)C1Cc2ccccc2CN1. The van der Waals surface area contributed by atoms with E-state index in [-0.39, 0.29) is 48.6 Å². The van der Waals surface area contributed by atoms with Crippen LogP contribution in [-0.4, -0.2) is 59.2 Å². The van der Waals surface area contributed by atoms with Gasteiger partial charge in [-0.2, -0.15) is 0 Å². The number of benzene rings is 3. The lowest BCUT2D eigenvalue weighted by atomic mass is 9.86. The summed E-state index contributed by atoms with van der Waals surface area (Å²) in [4.78, 5) is 43.3. The summed E-state index contributed by atoms with van der Waals surface area (Å²) in [6.45, 7) is 3.52. The minimum Gasteiger partial charge on any atom is -0.351 e. The first kappa shape index (κ1) is 33.0. The first-order valence-electron chi connectivity index (χ1n) is 15.9. The van der Waals surface area contributed by atoms with Gasteiger partial charge in [-0.25, -0.2) is 0 Å². The van der Waals surface area contributed by atoms with Gasteiger partial charge in [-0.05, 0) is 78.0 Å². The first-order valence-corrected chi connectivity index (χ1v) is 16.3. The van der Waals surface area contributed by atoms with Crippen molar-refractivity contribution < 1.29 is 14.4 Å². The molecule has 2 fully saturated rings. The molecule has 0 aliphatic carbocycles. The van der Waals surface area contributed by atoms with Crippen molar-refractivity contribution in [1.82, 2.24) is 20.4 Å². The van der Waals surface area contributed by atoms with Crippen molar-refractivity contribution in [3.8, 4) is 0 Å². The van der Waals surface area contributed by atoms with Crippen LogP contribution in [0.2, 0.25) is 5.02 Å². The van der Waals surface area contributed by atoms with E-state index in [2.05, 4.69) is 47.0 Å². The van der Waals surface area contributed by atoms with Gasteiger partial charge in [0.2, 0.25) is 17.7 Å². The average Bonchev–Trinajstić information content (AvgIpc) is 3.45. The smallest absolute Gasteiger partial charge is 0.237 e. The second kappa shape index (κ2) is 15.3. The van der Waals surface area contributed by atoms with Gasteiger partial charge in [0.25, 0.3) is 0 Å². The van der Waals surface area contributed by atoms with Crippen LogP contribution in [-0.2, 0) is 40.3 Å². The molecule has 7 nitrogen and oxygen atoms in total. The van der Waals surface area contributed by atoms with Crippen LogP contribution in [0.4, 0.5) is 0 Å². The summed E-state index contributed by atoms with van der Waals surface area (Å²) in [7, 11) is 0. The van der Waals surface area contributed by atoms with E-state index < -0.39 is 0 Å². The van der Waals surface area contributed by atoms with E-state index in [4.69, 9.17) is 11.6 Å². The zero-order valence-corrected chi connectivity index (χ0v) is 27.1. The molecule has 3 aliphatic rings. The number of fused-ring (bicyclic) bond motifs is 1. The highest BCUT2D eigenvalue weighted by Crippen LogP contribution is 2.32. The second-order valence-corrected chi connectivity index (χ2v) is 12.9.